The minimum atomic E-state index is -0.213. The Morgan fingerprint density at radius 2 is 2.00 bits per heavy atom. The summed E-state index contributed by atoms with van der Waals surface area (Å²) in [5.41, 5.74) is 1.09. The van der Waals surface area contributed by atoms with Crippen molar-refractivity contribution in [1.82, 2.24) is 4.90 Å². The first-order valence-corrected chi connectivity index (χ1v) is 7.86. The Labute approximate surface area is 127 Å². The summed E-state index contributed by atoms with van der Waals surface area (Å²) in [5, 5.41) is 2.08. The van der Waals surface area contributed by atoms with Crippen LogP contribution in [0, 0.1) is 5.82 Å². The van der Waals surface area contributed by atoms with Crippen LogP contribution in [0.15, 0.2) is 38.6 Å². The van der Waals surface area contributed by atoms with E-state index >= 15 is 0 Å². The minimum absolute atomic E-state index is 0.213. The fourth-order valence-electron chi connectivity index (χ4n) is 1.70. The van der Waals surface area contributed by atoms with Gasteiger partial charge in [-0.1, -0.05) is 22.0 Å². The van der Waals surface area contributed by atoms with Gasteiger partial charge in [-0.25, -0.2) is 4.39 Å². The van der Waals surface area contributed by atoms with Crippen LogP contribution in [0.3, 0.4) is 0 Å². The second-order valence-electron chi connectivity index (χ2n) is 4.14. The van der Waals surface area contributed by atoms with Crippen molar-refractivity contribution in [2.24, 2.45) is 0 Å². The van der Waals surface area contributed by atoms with E-state index in [2.05, 4.69) is 55.3 Å². The average Bonchev–Trinajstić information content (AvgIpc) is 2.68. The second-order valence-corrected chi connectivity index (χ2v) is 6.91. The van der Waals surface area contributed by atoms with Crippen LogP contribution in [-0.4, -0.2) is 11.9 Å². The van der Waals surface area contributed by atoms with Crippen LogP contribution in [0.1, 0.15) is 10.4 Å². The molecule has 0 saturated heterocycles. The molecule has 1 aromatic heterocycles. The van der Waals surface area contributed by atoms with E-state index in [0.29, 0.717) is 0 Å². The second kappa shape index (κ2) is 6.28. The number of hydrogen-bond acceptors (Lipinski definition) is 2. The Morgan fingerprint density at radius 3 is 2.61 bits per heavy atom. The Balaban J connectivity index is 2.00. The Hall–Kier alpha value is -0.230. The molecule has 0 radical (unpaired) electrons. The highest BCUT2D eigenvalue weighted by atomic mass is 79.9. The molecule has 2 aromatic rings. The third-order valence-corrected chi connectivity index (χ3v) is 4.92. The first kappa shape index (κ1) is 14.2. The molecule has 0 N–H and O–H groups in total. The molecule has 1 nitrogen and oxygen atoms in total. The Kier molecular flexibility index (Phi) is 4.95. The molecule has 0 aliphatic carbocycles. The maximum absolute atomic E-state index is 13.0. The zero-order chi connectivity index (χ0) is 13.1. The lowest BCUT2D eigenvalue weighted by atomic mass is 10.2. The van der Waals surface area contributed by atoms with Crippen LogP contribution in [-0.2, 0) is 13.1 Å². The zero-order valence-corrected chi connectivity index (χ0v) is 13.8. The van der Waals surface area contributed by atoms with Gasteiger partial charge in [0.2, 0.25) is 0 Å². The predicted molar refractivity (Wildman–Crippen MR) is 81.3 cm³/mol. The molecular formula is C13H12Br2FNS. The van der Waals surface area contributed by atoms with Crippen molar-refractivity contribution in [3.05, 3.63) is 54.8 Å². The molecule has 2 rings (SSSR count). The van der Waals surface area contributed by atoms with Crippen LogP contribution < -0.4 is 0 Å². The smallest absolute Gasteiger partial charge is 0.124 e. The van der Waals surface area contributed by atoms with Gasteiger partial charge in [0, 0.05) is 32.3 Å². The van der Waals surface area contributed by atoms with Crippen LogP contribution >= 0.6 is 43.2 Å². The van der Waals surface area contributed by atoms with E-state index in [1.54, 1.807) is 11.3 Å². The van der Waals surface area contributed by atoms with Crippen molar-refractivity contribution in [3.8, 4) is 0 Å². The topological polar surface area (TPSA) is 3.24 Å². The van der Waals surface area contributed by atoms with E-state index in [0.717, 1.165) is 27.6 Å². The van der Waals surface area contributed by atoms with Gasteiger partial charge in [-0.05, 0) is 46.7 Å². The number of nitrogens with zero attached hydrogens (tertiary/aromatic N) is 1. The first-order chi connectivity index (χ1) is 8.54. The molecule has 0 fully saturated rings. The maximum Gasteiger partial charge on any atom is 0.124 e. The highest BCUT2D eigenvalue weighted by Gasteiger charge is 2.07. The number of rotatable bonds is 4. The lowest BCUT2D eigenvalue weighted by Crippen LogP contribution is -2.16. The molecule has 0 unspecified atom stereocenters. The molecule has 96 valence electrons. The predicted octanol–water partition coefficient (Wildman–Crippen LogP) is 5.04. The van der Waals surface area contributed by atoms with Crippen LogP contribution in [0.2, 0.25) is 0 Å². The zero-order valence-electron chi connectivity index (χ0n) is 9.79. The van der Waals surface area contributed by atoms with Crippen molar-refractivity contribution >= 4 is 43.2 Å². The standard InChI is InChI=1S/C13H12Br2FNS/c1-17(7-12-4-10(14)8-18-12)6-9-2-3-11(16)5-13(9)15/h2-5,8H,6-7H2,1H3. The first-order valence-electron chi connectivity index (χ1n) is 5.40. The minimum Gasteiger partial charge on any atom is -0.297 e. The lowest BCUT2D eigenvalue weighted by Gasteiger charge is -2.16. The summed E-state index contributed by atoms with van der Waals surface area (Å²) < 4.78 is 14.9. The van der Waals surface area contributed by atoms with Crippen molar-refractivity contribution in [2.75, 3.05) is 7.05 Å². The summed E-state index contributed by atoms with van der Waals surface area (Å²) in [6.07, 6.45) is 0. The van der Waals surface area contributed by atoms with Gasteiger partial charge in [-0.3, -0.25) is 4.90 Å². The summed E-state index contributed by atoms with van der Waals surface area (Å²) in [6.45, 7) is 1.68. The van der Waals surface area contributed by atoms with E-state index in [1.807, 2.05) is 6.07 Å². The van der Waals surface area contributed by atoms with Gasteiger partial charge in [0.1, 0.15) is 5.82 Å². The number of hydrogen-bond donors (Lipinski definition) is 0. The van der Waals surface area contributed by atoms with Crippen LogP contribution in [0.4, 0.5) is 4.39 Å². The molecule has 5 heteroatoms. The van der Waals surface area contributed by atoms with E-state index in [1.165, 1.54) is 17.0 Å². The summed E-state index contributed by atoms with van der Waals surface area (Å²) in [4.78, 5) is 3.51. The lowest BCUT2D eigenvalue weighted by molar-refractivity contribution is 0.321. The van der Waals surface area contributed by atoms with E-state index in [-0.39, 0.29) is 5.82 Å². The number of halogens is 3. The summed E-state index contributed by atoms with van der Waals surface area (Å²) in [5.74, 6) is -0.213. The molecule has 0 atom stereocenters. The number of thiophene rings is 1. The molecular weight excluding hydrogens is 381 g/mol. The number of benzene rings is 1. The van der Waals surface area contributed by atoms with Crippen LogP contribution in [0.25, 0.3) is 0 Å². The molecule has 0 aliphatic rings. The van der Waals surface area contributed by atoms with Crippen molar-refractivity contribution in [2.45, 2.75) is 13.1 Å². The molecule has 1 aromatic carbocycles. The monoisotopic (exact) mass is 391 g/mol. The molecule has 18 heavy (non-hydrogen) atoms. The molecule has 0 spiro atoms. The van der Waals surface area contributed by atoms with Crippen molar-refractivity contribution < 1.29 is 4.39 Å². The third-order valence-electron chi connectivity index (χ3n) is 2.50. The fraction of sp³-hybridized carbons (Fsp3) is 0.231. The molecule has 1 heterocycles. The SMILES string of the molecule is CN(Cc1cc(Br)cs1)Cc1ccc(F)cc1Br. The molecule has 0 bridgehead atoms. The van der Waals surface area contributed by atoms with Gasteiger partial charge in [0.05, 0.1) is 0 Å². The maximum atomic E-state index is 13.0. The highest BCUT2D eigenvalue weighted by Crippen LogP contribution is 2.23. The van der Waals surface area contributed by atoms with Crippen molar-refractivity contribution in [3.63, 3.8) is 0 Å². The normalized spacial score (nSPS) is 11.2. The fourth-order valence-corrected chi connectivity index (χ4v) is 3.71. The summed E-state index contributed by atoms with van der Waals surface area (Å²) in [6, 6.07) is 6.95. The van der Waals surface area contributed by atoms with E-state index in [9.17, 15) is 4.39 Å². The Morgan fingerprint density at radius 1 is 1.22 bits per heavy atom. The third kappa shape index (κ3) is 3.88. The molecule has 0 amide bonds. The van der Waals surface area contributed by atoms with Gasteiger partial charge < -0.3 is 0 Å². The largest absolute Gasteiger partial charge is 0.297 e. The summed E-state index contributed by atoms with van der Waals surface area (Å²) in [7, 11) is 2.06. The molecule has 0 aliphatic heterocycles. The van der Waals surface area contributed by atoms with Crippen LogP contribution in [0.5, 0.6) is 0 Å². The summed E-state index contributed by atoms with van der Waals surface area (Å²) >= 11 is 8.58. The van der Waals surface area contributed by atoms with Gasteiger partial charge in [0.25, 0.3) is 0 Å². The Bertz CT molecular complexity index is 542. The van der Waals surface area contributed by atoms with Gasteiger partial charge in [-0.2, -0.15) is 0 Å². The van der Waals surface area contributed by atoms with Gasteiger partial charge >= 0.3 is 0 Å². The average molecular weight is 393 g/mol. The van der Waals surface area contributed by atoms with Gasteiger partial charge in [0.15, 0.2) is 0 Å². The van der Waals surface area contributed by atoms with E-state index < -0.39 is 0 Å². The van der Waals surface area contributed by atoms with Crippen molar-refractivity contribution in [1.29, 1.82) is 0 Å². The highest BCUT2D eigenvalue weighted by molar-refractivity contribution is 9.10. The van der Waals surface area contributed by atoms with Gasteiger partial charge in [-0.15, -0.1) is 11.3 Å². The molecule has 0 saturated carbocycles. The van der Waals surface area contributed by atoms with E-state index in [4.69, 9.17) is 0 Å². The quantitative estimate of drug-likeness (QED) is 0.704.